The van der Waals surface area contributed by atoms with Gasteiger partial charge in [0.05, 0.1) is 5.25 Å². The molecule has 0 unspecified atom stereocenters. The molecular formula is C18H24N4OS. The number of hydrogen-bond acceptors (Lipinski definition) is 4. The van der Waals surface area contributed by atoms with E-state index < -0.39 is 0 Å². The van der Waals surface area contributed by atoms with Crippen LogP contribution in [0, 0.1) is 0 Å². The minimum Gasteiger partial charge on any atom is -0.352 e. The summed E-state index contributed by atoms with van der Waals surface area (Å²) in [6.07, 6.45) is 2.63. The average molecular weight is 344 g/mol. The highest BCUT2D eigenvalue weighted by atomic mass is 32.2. The fourth-order valence-corrected chi connectivity index (χ4v) is 3.22. The van der Waals surface area contributed by atoms with Gasteiger partial charge in [-0.2, -0.15) is 0 Å². The Morgan fingerprint density at radius 1 is 1.33 bits per heavy atom. The van der Waals surface area contributed by atoms with Gasteiger partial charge < -0.3 is 5.32 Å². The molecule has 1 heterocycles. The molecule has 0 spiro atoms. The third-order valence-electron chi connectivity index (χ3n) is 3.80. The lowest BCUT2D eigenvalue weighted by Gasteiger charge is -2.18. The second kappa shape index (κ2) is 8.68. The summed E-state index contributed by atoms with van der Waals surface area (Å²) >= 11 is 1.43. The van der Waals surface area contributed by atoms with Gasteiger partial charge in [0.15, 0.2) is 11.0 Å². The van der Waals surface area contributed by atoms with Crippen molar-refractivity contribution in [1.82, 2.24) is 20.1 Å². The van der Waals surface area contributed by atoms with Crippen LogP contribution >= 0.6 is 11.8 Å². The number of carbonyl (C=O) groups is 1. The van der Waals surface area contributed by atoms with E-state index in [1.165, 1.54) is 11.8 Å². The highest BCUT2D eigenvalue weighted by Gasteiger charge is 2.22. The van der Waals surface area contributed by atoms with Crippen molar-refractivity contribution in [3.8, 4) is 11.4 Å². The van der Waals surface area contributed by atoms with Crippen LogP contribution in [0.2, 0.25) is 0 Å². The molecule has 6 heteroatoms. The molecule has 0 saturated heterocycles. The first-order valence-electron chi connectivity index (χ1n) is 8.14. The summed E-state index contributed by atoms with van der Waals surface area (Å²) < 4.78 is 2.12. The Bertz CT molecular complexity index is 684. The van der Waals surface area contributed by atoms with E-state index in [4.69, 9.17) is 0 Å². The molecule has 0 bridgehead atoms. The van der Waals surface area contributed by atoms with Crippen molar-refractivity contribution in [2.45, 2.75) is 43.6 Å². The number of thioether (sulfide) groups is 1. The standard InChI is InChI=1S/C18H24N4OS/c1-5-12-19-17(23)14(4)24-18-21-20-16(22(18)13(3)6-2)15-10-8-7-9-11-15/h5,7-11,13-14H,1,6,12H2,2-4H3,(H,19,23)/t13-,14+/m1/s1. The lowest BCUT2D eigenvalue weighted by Crippen LogP contribution is -2.31. The number of hydrogen-bond donors (Lipinski definition) is 1. The quantitative estimate of drug-likeness (QED) is 0.586. The number of aromatic nitrogens is 3. The van der Waals surface area contributed by atoms with Gasteiger partial charge in [0.25, 0.3) is 0 Å². The Morgan fingerprint density at radius 3 is 2.67 bits per heavy atom. The smallest absolute Gasteiger partial charge is 0.233 e. The van der Waals surface area contributed by atoms with Gasteiger partial charge in [0, 0.05) is 18.2 Å². The Balaban J connectivity index is 2.29. The summed E-state index contributed by atoms with van der Waals surface area (Å²) in [6, 6.07) is 10.3. The third kappa shape index (κ3) is 4.26. The zero-order valence-electron chi connectivity index (χ0n) is 14.4. The van der Waals surface area contributed by atoms with Gasteiger partial charge in [-0.05, 0) is 20.3 Å². The summed E-state index contributed by atoms with van der Waals surface area (Å²) in [6.45, 7) is 10.2. The molecule has 2 rings (SSSR count). The van der Waals surface area contributed by atoms with Gasteiger partial charge in [-0.1, -0.05) is 55.1 Å². The number of amides is 1. The topological polar surface area (TPSA) is 59.8 Å². The minimum absolute atomic E-state index is 0.0279. The molecule has 128 valence electrons. The second-order valence-corrected chi connectivity index (χ2v) is 6.90. The first-order valence-corrected chi connectivity index (χ1v) is 9.02. The summed E-state index contributed by atoms with van der Waals surface area (Å²) in [4.78, 5) is 12.1. The van der Waals surface area contributed by atoms with Gasteiger partial charge in [-0.15, -0.1) is 16.8 Å². The van der Waals surface area contributed by atoms with Crippen LogP contribution in [0.4, 0.5) is 0 Å². The zero-order valence-corrected chi connectivity index (χ0v) is 15.2. The second-order valence-electron chi connectivity index (χ2n) is 5.59. The molecule has 0 aliphatic heterocycles. The predicted molar refractivity (Wildman–Crippen MR) is 99.0 cm³/mol. The summed E-state index contributed by atoms with van der Waals surface area (Å²) in [7, 11) is 0. The van der Waals surface area contributed by atoms with E-state index in [0.29, 0.717) is 6.54 Å². The van der Waals surface area contributed by atoms with E-state index in [-0.39, 0.29) is 17.2 Å². The van der Waals surface area contributed by atoms with Gasteiger partial charge in [-0.3, -0.25) is 9.36 Å². The maximum atomic E-state index is 12.1. The van der Waals surface area contributed by atoms with Crippen molar-refractivity contribution >= 4 is 17.7 Å². The molecule has 5 nitrogen and oxygen atoms in total. The van der Waals surface area contributed by atoms with Crippen LogP contribution in [0.1, 0.15) is 33.2 Å². The molecule has 1 amide bonds. The predicted octanol–water partition coefficient (Wildman–Crippen LogP) is 3.70. The lowest BCUT2D eigenvalue weighted by molar-refractivity contribution is -0.120. The van der Waals surface area contributed by atoms with Crippen molar-refractivity contribution in [3.63, 3.8) is 0 Å². The van der Waals surface area contributed by atoms with E-state index in [1.807, 2.05) is 37.3 Å². The molecule has 1 N–H and O–H groups in total. The van der Waals surface area contributed by atoms with Crippen molar-refractivity contribution in [1.29, 1.82) is 0 Å². The first kappa shape index (κ1) is 18.3. The zero-order chi connectivity index (χ0) is 17.5. The van der Waals surface area contributed by atoms with Crippen LogP contribution in [-0.2, 0) is 4.79 Å². The third-order valence-corrected chi connectivity index (χ3v) is 4.86. The monoisotopic (exact) mass is 344 g/mol. The van der Waals surface area contributed by atoms with Crippen LogP contribution < -0.4 is 5.32 Å². The number of nitrogens with one attached hydrogen (secondary N) is 1. The van der Waals surface area contributed by atoms with E-state index in [2.05, 4.69) is 40.5 Å². The molecule has 0 saturated carbocycles. The number of nitrogens with zero attached hydrogens (tertiary/aromatic N) is 3. The fourth-order valence-electron chi connectivity index (χ4n) is 2.25. The Morgan fingerprint density at radius 2 is 2.04 bits per heavy atom. The highest BCUT2D eigenvalue weighted by molar-refractivity contribution is 8.00. The van der Waals surface area contributed by atoms with E-state index >= 15 is 0 Å². The molecule has 0 aliphatic rings. The van der Waals surface area contributed by atoms with Crippen LogP contribution in [0.5, 0.6) is 0 Å². The Labute approximate surface area is 147 Å². The van der Waals surface area contributed by atoms with Crippen molar-refractivity contribution < 1.29 is 4.79 Å². The maximum Gasteiger partial charge on any atom is 0.233 e. The molecule has 2 atom stereocenters. The van der Waals surface area contributed by atoms with Crippen molar-refractivity contribution in [2.75, 3.05) is 6.54 Å². The van der Waals surface area contributed by atoms with Crippen LogP contribution in [0.15, 0.2) is 48.1 Å². The molecular weight excluding hydrogens is 320 g/mol. The van der Waals surface area contributed by atoms with Crippen LogP contribution in [-0.4, -0.2) is 32.5 Å². The number of carbonyl (C=O) groups excluding carboxylic acids is 1. The first-order chi connectivity index (χ1) is 11.6. The molecule has 0 radical (unpaired) electrons. The number of benzene rings is 1. The Kier molecular flexibility index (Phi) is 6.61. The fraction of sp³-hybridized carbons (Fsp3) is 0.389. The minimum atomic E-state index is -0.249. The van der Waals surface area contributed by atoms with E-state index in [9.17, 15) is 4.79 Å². The lowest BCUT2D eigenvalue weighted by atomic mass is 10.2. The van der Waals surface area contributed by atoms with Crippen LogP contribution in [0.3, 0.4) is 0 Å². The summed E-state index contributed by atoms with van der Waals surface area (Å²) in [5, 5.41) is 12.1. The Hall–Kier alpha value is -2.08. The van der Waals surface area contributed by atoms with Gasteiger partial charge >= 0.3 is 0 Å². The van der Waals surface area contributed by atoms with Gasteiger partial charge in [0.2, 0.25) is 5.91 Å². The van der Waals surface area contributed by atoms with Crippen molar-refractivity contribution in [3.05, 3.63) is 43.0 Å². The van der Waals surface area contributed by atoms with E-state index in [0.717, 1.165) is 23.0 Å². The van der Waals surface area contributed by atoms with Gasteiger partial charge in [-0.25, -0.2) is 0 Å². The molecule has 0 fully saturated rings. The molecule has 24 heavy (non-hydrogen) atoms. The molecule has 1 aromatic carbocycles. The van der Waals surface area contributed by atoms with Crippen molar-refractivity contribution in [2.24, 2.45) is 0 Å². The molecule has 1 aromatic heterocycles. The van der Waals surface area contributed by atoms with Crippen LogP contribution in [0.25, 0.3) is 11.4 Å². The van der Waals surface area contributed by atoms with E-state index in [1.54, 1.807) is 6.08 Å². The largest absolute Gasteiger partial charge is 0.352 e. The molecule has 0 aliphatic carbocycles. The average Bonchev–Trinajstić information content (AvgIpc) is 3.03. The summed E-state index contributed by atoms with van der Waals surface area (Å²) in [5.41, 5.74) is 1.03. The van der Waals surface area contributed by atoms with Gasteiger partial charge in [0.1, 0.15) is 0 Å². The maximum absolute atomic E-state index is 12.1. The highest BCUT2D eigenvalue weighted by Crippen LogP contribution is 2.30. The number of rotatable bonds is 8. The summed E-state index contributed by atoms with van der Waals surface area (Å²) in [5.74, 6) is 0.811. The molecule has 2 aromatic rings. The normalized spacial score (nSPS) is 13.3. The SMILES string of the molecule is C=CCNC(=O)[C@H](C)Sc1nnc(-c2ccccc2)n1[C@H](C)CC.